The SMILES string of the molecule is CN(C(=O)/C(Cl)=C(\C=N)OCc1ccc(OCCCP)cc1)C(C)(C)C. The number of likely N-dealkylation sites (N-methyl/N-ethyl adjacent to an activating group) is 1. The highest BCUT2D eigenvalue weighted by molar-refractivity contribution is 7.16. The number of ether oxygens (including phenoxy) is 2. The summed E-state index contributed by atoms with van der Waals surface area (Å²) in [5, 5.41) is 7.39. The molecule has 26 heavy (non-hydrogen) atoms. The molecule has 0 heterocycles. The van der Waals surface area contributed by atoms with Crippen LogP contribution in [0.2, 0.25) is 0 Å². The third kappa shape index (κ3) is 6.97. The summed E-state index contributed by atoms with van der Waals surface area (Å²) in [7, 11) is 4.34. The Morgan fingerprint density at radius 2 is 1.92 bits per heavy atom. The molecular formula is C19H28ClN2O3P. The van der Waals surface area contributed by atoms with Crippen molar-refractivity contribution in [2.75, 3.05) is 19.8 Å². The van der Waals surface area contributed by atoms with E-state index in [1.54, 1.807) is 7.05 Å². The topological polar surface area (TPSA) is 62.6 Å². The molecule has 0 spiro atoms. The van der Waals surface area contributed by atoms with E-state index in [1.165, 1.54) is 4.90 Å². The molecular weight excluding hydrogens is 371 g/mol. The Hall–Kier alpha value is -1.58. The minimum atomic E-state index is -0.379. The first-order chi connectivity index (χ1) is 12.2. The number of hydrogen-bond acceptors (Lipinski definition) is 4. The summed E-state index contributed by atoms with van der Waals surface area (Å²) in [6, 6.07) is 7.51. The molecule has 1 aromatic rings. The number of nitrogens with zero attached hydrogens (tertiary/aromatic N) is 1. The minimum Gasteiger partial charge on any atom is -0.494 e. The van der Waals surface area contributed by atoms with Gasteiger partial charge in [0.1, 0.15) is 17.4 Å². The number of halogens is 1. The molecule has 0 bridgehead atoms. The zero-order valence-corrected chi connectivity index (χ0v) is 17.8. The first-order valence-electron chi connectivity index (χ1n) is 8.43. The summed E-state index contributed by atoms with van der Waals surface area (Å²) in [5.74, 6) is 0.471. The van der Waals surface area contributed by atoms with E-state index in [9.17, 15) is 4.79 Å². The molecule has 1 atom stereocenters. The highest BCUT2D eigenvalue weighted by Gasteiger charge is 2.26. The van der Waals surface area contributed by atoms with Gasteiger partial charge in [-0.15, -0.1) is 9.24 Å². The number of rotatable bonds is 9. The van der Waals surface area contributed by atoms with Gasteiger partial charge in [-0.1, -0.05) is 23.7 Å². The maximum Gasteiger partial charge on any atom is 0.269 e. The smallest absolute Gasteiger partial charge is 0.269 e. The van der Waals surface area contributed by atoms with Crippen LogP contribution in [0.15, 0.2) is 35.1 Å². The van der Waals surface area contributed by atoms with Gasteiger partial charge in [-0.3, -0.25) is 4.79 Å². The van der Waals surface area contributed by atoms with Gasteiger partial charge < -0.3 is 19.8 Å². The van der Waals surface area contributed by atoms with Gasteiger partial charge >= 0.3 is 0 Å². The van der Waals surface area contributed by atoms with Crippen molar-refractivity contribution < 1.29 is 14.3 Å². The fraction of sp³-hybridized carbons (Fsp3) is 0.474. The van der Waals surface area contributed by atoms with Gasteiger partial charge in [0.15, 0.2) is 5.76 Å². The normalized spacial score (nSPS) is 12.2. The van der Waals surface area contributed by atoms with Gasteiger partial charge in [-0.2, -0.15) is 0 Å². The van der Waals surface area contributed by atoms with Crippen molar-refractivity contribution in [2.45, 2.75) is 39.3 Å². The van der Waals surface area contributed by atoms with Gasteiger partial charge in [0.25, 0.3) is 5.91 Å². The van der Waals surface area contributed by atoms with Crippen LogP contribution >= 0.6 is 20.8 Å². The van der Waals surface area contributed by atoms with E-state index in [1.807, 2.05) is 45.0 Å². The average molecular weight is 399 g/mol. The lowest BCUT2D eigenvalue weighted by molar-refractivity contribution is -0.129. The molecule has 1 rings (SSSR count). The Morgan fingerprint density at radius 3 is 2.42 bits per heavy atom. The van der Waals surface area contributed by atoms with Gasteiger partial charge in [0.05, 0.1) is 12.8 Å². The van der Waals surface area contributed by atoms with Crippen molar-refractivity contribution in [1.82, 2.24) is 4.90 Å². The van der Waals surface area contributed by atoms with Gasteiger partial charge in [0.2, 0.25) is 0 Å². The van der Waals surface area contributed by atoms with E-state index in [0.717, 1.165) is 30.1 Å². The van der Waals surface area contributed by atoms with E-state index >= 15 is 0 Å². The fourth-order valence-corrected chi connectivity index (χ4v) is 2.24. The van der Waals surface area contributed by atoms with Crippen LogP contribution < -0.4 is 4.74 Å². The van der Waals surface area contributed by atoms with Crippen molar-refractivity contribution >= 4 is 33.0 Å². The molecule has 1 aromatic carbocycles. The lowest BCUT2D eigenvalue weighted by Gasteiger charge is -2.31. The summed E-state index contributed by atoms with van der Waals surface area (Å²) < 4.78 is 11.2. The number of benzene rings is 1. The van der Waals surface area contributed by atoms with E-state index in [0.29, 0.717) is 6.61 Å². The zero-order valence-electron chi connectivity index (χ0n) is 15.8. The first-order valence-corrected chi connectivity index (χ1v) is 9.63. The van der Waals surface area contributed by atoms with E-state index in [2.05, 4.69) is 9.24 Å². The van der Waals surface area contributed by atoms with Crippen molar-refractivity contribution in [1.29, 1.82) is 5.41 Å². The second-order valence-corrected chi connectivity index (χ2v) is 7.74. The summed E-state index contributed by atoms with van der Waals surface area (Å²) in [4.78, 5) is 13.9. The standard InChI is InChI=1S/C19H28ClN2O3P/c1-19(2,3)22(4)18(23)17(20)16(12-21)25-13-14-6-8-15(9-7-14)24-10-5-11-26/h6-9,12,21H,5,10-11,13,26H2,1-4H3/b17-16-,21-12?. The van der Waals surface area contributed by atoms with Crippen LogP contribution in [0.5, 0.6) is 5.75 Å². The summed E-state index contributed by atoms with van der Waals surface area (Å²) >= 11 is 6.15. The second kappa shape index (κ2) is 10.5. The monoisotopic (exact) mass is 398 g/mol. The lowest BCUT2D eigenvalue weighted by Crippen LogP contribution is -2.42. The Morgan fingerprint density at radius 1 is 1.31 bits per heavy atom. The van der Waals surface area contributed by atoms with Crippen molar-refractivity contribution in [3.05, 3.63) is 40.6 Å². The maximum atomic E-state index is 12.4. The zero-order chi connectivity index (χ0) is 19.7. The van der Waals surface area contributed by atoms with Gasteiger partial charge in [-0.25, -0.2) is 0 Å². The summed E-state index contributed by atoms with van der Waals surface area (Å²) in [5.41, 5.74) is 0.514. The Bertz CT molecular complexity index is 639. The molecule has 0 aliphatic heterocycles. The Kier molecular flexibility index (Phi) is 9.11. The molecule has 1 unspecified atom stereocenters. The maximum absolute atomic E-state index is 12.4. The first kappa shape index (κ1) is 22.5. The van der Waals surface area contributed by atoms with Crippen LogP contribution in [-0.2, 0) is 16.1 Å². The molecule has 1 amide bonds. The van der Waals surface area contributed by atoms with Crippen molar-refractivity contribution in [3.63, 3.8) is 0 Å². The molecule has 0 saturated heterocycles. The molecule has 5 nitrogen and oxygen atoms in total. The molecule has 7 heteroatoms. The molecule has 0 fully saturated rings. The predicted octanol–water partition coefficient (Wildman–Crippen LogP) is 4.20. The molecule has 0 aliphatic carbocycles. The molecule has 1 N–H and O–H groups in total. The highest BCUT2D eigenvalue weighted by Crippen LogP contribution is 2.20. The summed E-state index contributed by atoms with van der Waals surface area (Å²) in [6.07, 6.45) is 2.95. The van der Waals surface area contributed by atoms with E-state index in [4.69, 9.17) is 26.5 Å². The molecule has 0 radical (unpaired) electrons. The third-order valence-electron chi connectivity index (χ3n) is 3.78. The number of nitrogens with one attached hydrogen (secondary N) is 1. The number of allylic oxidation sites excluding steroid dienone is 1. The lowest BCUT2D eigenvalue weighted by atomic mass is 10.1. The number of carbonyl (C=O) groups is 1. The van der Waals surface area contributed by atoms with Crippen LogP contribution in [0.1, 0.15) is 32.8 Å². The van der Waals surface area contributed by atoms with Crippen LogP contribution in [-0.4, -0.2) is 42.4 Å². The van der Waals surface area contributed by atoms with Gasteiger partial charge in [-0.05, 0) is 51.1 Å². The predicted molar refractivity (Wildman–Crippen MR) is 110 cm³/mol. The van der Waals surface area contributed by atoms with Crippen LogP contribution in [0.25, 0.3) is 0 Å². The van der Waals surface area contributed by atoms with E-state index in [-0.39, 0.29) is 28.8 Å². The molecule has 144 valence electrons. The van der Waals surface area contributed by atoms with Gasteiger partial charge in [0, 0.05) is 12.6 Å². The number of hydrogen-bond donors (Lipinski definition) is 1. The average Bonchev–Trinajstić information content (AvgIpc) is 2.61. The van der Waals surface area contributed by atoms with E-state index < -0.39 is 0 Å². The molecule has 0 aliphatic rings. The number of carbonyl (C=O) groups excluding carboxylic acids is 1. The fourth-order valence-electron chi connectivity index (χ4n) is 1.84. The van der Waals surface area contributed by atoms with Crippen molar-refractivity contribution in [2.24, 2.45) is 0 Å². The van der Waals surface area contributed by atoms with Crippen molar-refractivity contribution in [3.8, 4) is 5.75 Å². The second-order valence-electron chi connectivity index (χ2n) is 6.78. The van der Waals surface area contributed by atoms with Crippen LogP contribution in [0, 0.1) is 5.41 Å². The van der Waals surface area contributed by atoms with Crippen LogP contribution in [0.4, 0.5) is 0 Å². The number of amides is 1. The minimum absolute atomic E-state index is 0.0496. The highest BCUT2D eigenvalue weighted by atomic mass is 35.5. The van der Waals surface area contributed by atoms with Crippen LogP contribution in [0.3, 0.4) is 0 Å². The third-order valence-corrected chi connectivity index (χ3v) is 4.54. The Balaban J connectivity index is 2.73. The summed E-state index contributed by atoms with van der Waals surface area (Å²) in [6.45, 7) is 6.60. The molecule has 0 aromatic heterocycles. The Labute approximate surface area is 163 Å². The largest absolute Gasteiger partial charge is 0.494 e. The molecule has 0 saturated carbocycles. The quantitative estimate of drug-likeness (QED) is 0.223.